The summed E-state index contributed by atoms with van der Waals surface area (Å²) in [5.74, 6) is -0.242. The first-order chi connectivity index (χ1) is 6.40. The molecule has 5 nitrogen and oxygen atoms in total. The molecule has 0 aromatic carbocycles. The predicted octanol–water partition coefficient (Wildman–Crippen LogP) is 1.22. The molecule has 1 aromatic rings. The second-order valence-corrected chi connectivity index (χ2v) is 2.45. The molecule has 0 amide bonds. The second-order valence-electron chi connectivity index (χ2n) is 2.01. The van der Waals surface area contributed by atoms with Gasteiger partial charge in [-0.3, -0.25) is 0 Å². The number of hydrogen-bond acceptors (Lipinski definition) is 5. The van der Waals surface area contributed by atoms with Crippen LogP contribution in [0.15, 0.2) is 0 Å². The van der Waals surface area contributed by atoms with Crippen molar-refractivity contribution in [2.45, 2.75) is 5.57 Å². The Morgan fingerprint density at radius 1 is 1.36 bits per heavy atom. The van der Waals surface area contributed by atoms with Gasteiger partial charge in [0.15, 0.2) is 0 Å². The minimum Gasteiger partial charge on any atom is -0.385 e. The number of rotatable bonds is 3. The highest BCUT2D eigenvalue weighted by molar-refractivity contribution is 6.20. The van der Waals surface area contributed by atoms with Gasteiger partial charge in [0.05, 0.1) is 0 Å². The van der Waals surface area contributed by atoms with Gasteiger partial charge in [-0.1, -0.05) is 0 Å². The Morgan fingerprint density at radius 3 is 2.50 bits per heavy atom. The van der Waals surface area contributed by atoms with E-state index in [2.05, 4.69) is 36.6 Å². The van der Waals surface area contributed by atoms with Gasteiger partial charge in [-0.25, -0.2) is 0 Å². The number of nitrogens with zero attached hydrogens (tertiary/aromatic N) is 3. The van der Waals surface area contributed by atoms with E-state index in [1.54, 1.807) is 0 Å². The van der Waals surface area contributed by atoms with Crippen LogP contribution in [0.1, 0.15) is 0 Å². The number of ether oxygens (including phenoxy) is 1. The summed E-state index contributed by atoms with van der Waals surface area (Å²) in [6, 6.07) is -0.901. The molecular weight excluding hydrogens is 225 g/mol. The normalized spacial score (nSPS) is 11.2. The number of nitrogens with one attached hydrogen (secondary N) is 1. The zero-order chi connectivity index (χ0) is 10.8. The first-order valence-electron chi connectivity index (χ1n) is 3.26. The summed E-state index contributed by atoms with van der Waals surface area (Å²) in [6.07, 6.45) is -1.25. The van der Waals surface area contributed by atoms with E-state index in [9.17, 15) is 13.2 Å². The largest absolute Gasteiger partial charge is 0.489 e. The van der Waals surface area contributed by atoms with Crippen molar-refractivity contribution in [3.8, 4) is 6.01 Å². The molecule has 1 heterocycles. The van der Waals surface area contributed by atoms with Crippen LogP contribution in [0.3, 0.4) is 0 Å². The molecule has 9 heteroatoms. The number of halogens is 4. The fraction of sp³-hybridized carbons (Fsp3) is 0.400. The topological polar surface area (TPSA) is 59.9 Å². The molecule has 0 atom stereocenters. The third-order valence-electron chi connectivity index (χ3n) is 1.02. The van der Waals surface area contributed by atoms with Gasteiger partial charge in [0.1, 0.15) is 0 Å². The minimum atomic E-state index is -3.99. The highest BCUT2D eigenvalue weighted by Gasteiger charge is 2.29. The summed E-state index contributed by atoms with van der Waals surface area (Å²) < 4.78 is 40.4. The van der Waals surface area contributed by atoms with Gasteiger partial charge in [-0.15, -0.1) is 13.8 Å². The first-order valence-corrected chi connectivity index (χ1v) is 3.63. The maximum Gasteiger partial charge on any atom is 0.489 e. The molecule has 0 radical (unpaired) electrons. The monoisotopic (exact) mass is 228 g/mol. The fourth-order valence-corrected chi connectivity index (χ4v) is 0.662. The Morgan fingerprint density at radius 2 is 2.00 bits per heavy atom. The van der Waals surface area contributed by atoms with Gasteiger partial charge < -0.3 is 10.1 Å². The summed E-state index contributed by atoms with van der Waals surface area (Å²) in [4.78, 5) is 9.24. The molecule has 1 N–H and O–H groups in total. The number of hydrogen-bond donors (Lipinski definition) is 1. The summed E-state index contributed by atoms with van der Waals surface area (Å²) >= 11 is 4.42. The van der Waals surface area contributed by atoms with E-state index >= 15 is 0 Å². The van der Waals surface area contributed by atoms with E-state index in [-0.39, 0.29) is 5.95 Å². The van der Waals surface area contributed by atoms with Crippen LogP contribution >= 0.6 is 11.6 Å². The average molecular weight is 229 g/mol. The van der Waals surface area contributed by atoms with Gasteiger partial charge in [-0.05, 0) is 0 Å². The molecule has 1 rings (SSSR count). The van der Waals surface area contributed by atoms with Crippen LogP contribution in [-0.2, 0) is 0 Å². The fourth-order valence-electron chi connectivity index (χ4n) is 0.593. The molecule has 78 valence electrons. The van der Waals surface area contributed by atoms with Crippen LogP contribution in [0.2, 0.25) is 0 Å². The zero-order valence-corrected chi connectivity index (χ0v) is 7.52. The summed E-state index contributed by atoms with van der Waals surface area (Å²) in [6.45, 7) is 0. The number of anilines is 1. The molecule has 0 fully saturated rings. The Kier molecular flexibility index (Phi) is 2.94. The molecule has 0 aliphatic heterocycles. The molecule has 0 bridgehead atoms. The molecule has 0 aliphatic carbocycles. The summed E-state index contributed by atoms with van der Waals surface area (Å²) in [7, 11) is 1.37. The van der Waals surface area contributed by atoms with E-state index in [4.69, 9.17) is 0 Å². The maximum absolute atomic E-state index is 12.5. The van der Waals surface area contributed by atoms with Crippen molar-refractivity contribution in [3.05, 3.63) is 6.08 Å². The molecule has 0 unspecified atom stereocenters. The molecule has 0 spiro atoms. The van der Waals surface area contributed by atoms with Gasteiger partial charge in [0, 0.05) is 18.6 Å². The lowest BCUT2D eigenvalue weighted by Gasteiger charge is -2.08. The van der Waals surface area contributed by atoms with E-state index in [0.29, 0.717) is 0 Å². The number of aromatic nitrogens is 3. The van der Waals surface area contributed by atoms with Crippen LogP contribution in [0.5, 0.6) is 6.01 Å². The van der Waals surface area contributed by atoms with Gasteiger partial charge in [-0.2, -0.15) is 14.4 Å². The van der Waals surface area contributed by atoms with Crippen LogP contribution < -0.4 is 10.1 Å². The quantitative estimate of drug-likeness (QED) is 0.789. The molecular formula is C5H4ClF3N4O. The van der Waals surface area contributed by atoms with Gasteiger partial charge in [0.2, 0.25) is 5.95 Å². The molecule has 14 heavy (non-hydrogen) atoms. The van der Waals surface area contributed by atoms with Crippen molar-refractivity contribution in [2.24, 2.45) is 0 Å². The summed E-state index contributed by atoms with van der Waals surface area (Å²) in [5.41, 5.74) is -3.99. The molecule has 0 saturated carbocycles. The Bertz CT molecular complexity index is 331. The maximum atomic E-state index is 12.5. The SMILES string of the molecule is CNc1nc(F)nc(OC(F)(F)Cl)n1. The van der Waals surface area contributed by atoms with Crippen molar-refractivity contribution in [1.29, 1.82) is 0 Å². The molecule has 1 aromatic heterocycles. The second kappa shape index (κ2) is 3.82. The molecule has 0 aliphatic rings. The zero-order valence-electron chi connectivity index (χ0n) is 6.76. The lowest BCUT2D eigenvalue weighted by Crippen LogP contribution is -2.18. The lowest BCUT2D eigenvalue weighted by molar-refractivity contribution is -0.102. The first kappa shape index (κ1) is 10.8. The predicted molar refractivity (Wildman–Crippen MR) is 40.8 cm³/mol. The van der Waals surface area contributed by atoms with Crippen LogP contribution in [0.25, 0.3) is 0 Å². The van der Waals surface area contributed by atoms with Crippen molar-refractivity contribution in [3.63, 3.8) is 0 Å². The Labute approximate surface area is 81.3 Å². The third-order valence-corrected chi connectivity index (χ3v) is 1.10. The minimum absolute atomic E-state index is 0.242. The highest BCUT2D eigenvalue weighted by Crippen LogP contribution is 2.22. The van der Waals surface area contributed by atoms with Gasteiger partial charge >= 0.3 is 17.7 Å². The van der Waals surface area contributed by atoms with E-state index in [0.717, 1.165) is 0 Å². The number of alkyl halides is 3. The Balaban J connectivity index is 2.92. The Hall–Kier alpha value is -1.31. The van der Waals surface area contributed by atoms with Crippen LogP contribution in [0, 0.1) is 6.08 Å². The van der Waals surface area contributed by atoms with Crippen LogP contribution in [-0.4, -0.2) is 27.6 Å². The highest BCUT2D eigenvalue weighted by atomic mass is 35.5. The van der Waals surface area contributed by atoms with Gasteiger partial charge in [0.25, 0.3) is 0 Å². The van der Waals surface area contributed by atoms with E-state index < -0.39 is 17.7 Å². The molecule has 0 saturated heterocycles. The van der Waals surface area contributed by atoms with Crippen molar-refractivity contribution < 1.29 is 17.9 Å². The summed E-state index contributed by atoms with van der Waals surface area (Å²) in [5, 5.41) is 2.32. The standard InChI is InChI=1S/C5H4ClF3N4O/c1-10-3-11-2(7)12-4(13-3)14-5(6,8)9/h1H3,(H,10,11,12,13). The van der Waals surface area contributed by atoms with E-state index in [1.807, 2.05) is 0 Å². The third kappa shape index (κ3) is 3.21. The smallest absolute Gasteiger partial charge is 0.385 e. The van der Waals surface area contributed by atoms with Crippen molar-refractivity contribution in [2.75, 3.05) is 12.4 Å². The lowest BCUT2D eigenvalue weighted by atomic mass is 10.9. The average Bonchev–Trinajstić information content (AvgIpc) is 1.99. The van der Waals surface area contributed by atoms with Crippen molar-refractivity contribution in [1.82, 2.24) is 15.0 Å². The van der Waals surface area contributed by atoms with Crippen molar-refractivity contribution >= 4 is 17.5 Å². The van der Waals surface area contributed by atoms with Crippen LogP contribution in [0.4, 0.5) is 19.1 Å². The van der Waals surface area contributed by atoms with E-state index in [1.165, 1.54) is 7.05 Å².